The third kappa shape index (κ3) is 1.31. The van der Waals surface area contributed by atoms with Gasteiger partial charge in [-0.3, -0.25) is 0 Å². The normalized spacial score (nSPS) is 20.8. The molecule has 0 radical (unpaired) electrons. The van der Waals surface area contributed by atoms with Crippen molar-refractivity contribution in [1.82, 2.24) is 5.32 Å². The number of nitrogens with one attached hydrogen (secondary N) is 1. The Morgan fingerprint density at radius 2 is 2.38 bits per heavy atom. The lowest BCUT2D eigenvalue weighted by Crippen LogP contribution is -2.30. The number of benzene rings is 1. The van der Waals surface area contributed by atoms with E-state index >= 15 is 0 Å². The van der Waals surface area contributed by atoms with Crippen molar-refractivity contribution in [3.8, 4) is 5.75 Å². The summed E-state index contributed by atoms with van der Waals surface area (Å²) in [6.07, 6.45) is 1.66. The first-order valence-corrected chi connectivity index (χ1v) is 4.32. The molecule has 0 aliphatic carbocycles. The molecule has 1 aliphatic rings. The SMILES string of the molecule is O=CC1NCCc2c(O)cccc21. The second-order valence-electron chi connectivity index (χ2n) is 3.16. The summed E-state index contributed by atoms with van der Waals surface area (Å²) < 4.78 is 0. The third-order valence-electron chi connectivity index (χ3n) is 2.40. The lowest BCUT2D eigenvalue weighted by atomic mass is 9.94. The van der Waals surface area contributed by atoms with Crippen molar-refractivity contribution in [2.24, 2.45) is 0 Å². The highest BCUT2D eigenvalue weighted by molar-refractivity contribution is 5.64. The molecular weight excluding hydrogens is 166 g/mol. The number of hydrogen-bond acceptors (Lipinski definition) is 3. The largest absolute Gasteiger partial charge is 0.508 e. The number of phenolic OH excluding ortho intramolecular Hbond substituents is 1. The smallest absolute Gasteiger partial charge is 0.141 e. The third-order valence-corrected chi connectivity index (χ3v) is 2.40. The Bertz CT molecular complexity index is 336. The van der Waals surface area contributed by atoms with Gasteiger partial charge in [-0.1, -0.05) is 12.1 Å². The predicted octanol–water partition coefficient (Wildman–Crippen LogP) is 0.778. The highest BCUT2D eigenvalue weighted by Crippen LogP contribution is 2.28. The second kappa shape index (κ2) is 3.18. The minimum atomic E-state index is -0.254. The maximum absolute atomic E-state index is 10.7. The number of aldehydes is 1. The lowest BCUT2D eigenvalue weighted by Gasteiger charge is -2.23. The van der Waals surface area contributed by atoms with Crippen molar-refractivity contribution in [3.63, 3.8) is 0 Å². The Labute approximate surface area is 76.4 Å². The Hall–Kier alpha value is -1.35. The molecule has 0 aromatic heterocycles. The maximum Gasteiger partial charge on any atom is 0.141 e. The Balaban J connectivity index is 2.51. The molecule has 1 aliphatic heterocycles. The van der Waals surface area contributed by atoms with Crippen molar-refractivity contribution in [1.29, 1.82) is 0 Å². The van der Waals surface area contributed by atoms with Crippen LogP contribution in [0.3, 0.4) is 0 Å². The fraction of sp³-hybridized carbons (Fsp3) is 0.300. The minimum Gasteiger partial charge on any atom is -0.508 e. The fourth-order valence-electron chi connectivity index (χ4n) is 1.74. The standard InChI is InChI=1S/C10H11NO2/c12-6-9-7-2-1-3-10(13)8(7)4-5-11-9/h1-3,6,9,11,13H,4-5H2. The molecule has 0 bridgehead atoms. The summed E-state index contributed by atoms with van der Waals surface area (Å²) in [5.41, 5.74) is 1.81. The Kier molecular flexibility index (Phi) is 2.02. The molecular formula is C10H11NO2. The van der Waals surface area contributed by atoms with Crippen LogP contribution in [-0.4, -0.2) is 17.9 Å². The molecule has 0 saturated carbocycles. The van der Waals surface area contributed by atoms with Gasteiger partial charge in [0, 0.05) is 12.1 Å². The number of carbonyl (C=O) groups is 1. The Morgan fingerprint density at radius 1 is 1.54 bits per heavy atom. The van der Waals surface area contributed by atoms with Gasteiger partial charge >= 0.3 is 0 Å². The van der Waals surface area contributed by atoms with Crippen LogP contribution in [0.5, 0.6) is 5.75 Å². The van der Waals surface area contributed by atoms with E-state index in [-0.39, 0.29) is 6.04 Å². The number of phenols is 1. The molecule has 1 atom stereocenters. The van der Waals surface area contributed by atoms with Crippen LogP contribution >= 0.6 is 0 Å². The van der Waals surface area contributed by atoms with E-state index < -0.39 is 0 Å². The summed E-state index contributed by atoms with van der Waals surface area (Å²) in [5, 5.41) is 12.6. The zero-order chi connectivity index (χ0) is 9.26. The molecule has 0 spiro atoms. The number of rotatable bonds is 1. The van der Waals surface area contributed by atoms with E-state index in [9.17, 15) is 9.90 Å². The summed E-state index contributed by atoms with van der Waals surface area (Å²) in [6, 6.07) is 5.04. The molecule has 2 N–H and O–H groups in total. The average molecular weight is 177 g/mol. The van der Waals surface area contributed by atoms with Crippen LogP contribution in [0.4, 0.5) is 0 Å². The molecule has 1 unspecified atom stereocenters. The highest BCUT2D eigenvalue weighted by atomic mass is 16.3. The summed E-state index contributed by atoms with van der Waals surface area (Å²) in [4.78, 5) is 10.7. The van der Waals surface area contributed by atoms with Crippen LogP contribution in [-0.2, 0) is 11.2 Å². The van der Waals surface area contributed by atoms with E-state index in [0.29, 0.717) is 5.75 Å². The molecule has 1 aromatic carbocycles. The van der Waals surface area contributed by atoms with Crippen LogP contribution < -0.4 is 5.32 Å². The molecule has 0 fully saturated rings. The number of hydrogen-bond donors (Lipinski definition) is 2. The monoisotopic (exact) mass is 177 g/mol. The molecule has 2 rings (SSSR count). The number of aromatic hydroxyl groups is 1. The minimum absolute atomic E-state index is 0.254. The zero-order valence-corrected chi connectivity index (χ0v) is 7.16. The lowest BCUT2D eigenvalue weighted by molar-refractivity contribution is -0.109. The molecule has 3 nitrogen and oxygen atoms in total. The number of fused-ring (bicyclic) bond motifs is 1. The first-order chi connectivity index (χ1) is 6.33. The van der Waals surface area contributed by atoms with Gasteiger partial charge in [-0.15, -0.1) is 0 Å². The van der Waals surface area contributed by atoms with Gasteiger partial charge in [0.05, 0.1) is 6.04 Å². The van der Waals surface area contributed by atoms with Gasteiger partial charge in [0.15, 0.2) is 0 Å². The molecule has 0 saturated heterocycles. The maximum atomic E-state index is 10.7. The topological polar surface area (TPSA) is 49.3 Å². The van der Waals surface area contributed by atoms with Crippen LogP contribution in [0.1, 0.15) is 17.2 Å². The van der Waals surface area contributed by atoms with Gasteiger partial charge in [-0.05, 0) is 18.1 Å². The summed E-state index contributed by atoms with van der Waals surface area (Å²) in [5.74, 6) is 0.297. The summed E-state index contributed by atoms with van der Waals surface area (Å²) in [7, 11) is 0. The van der Waals surface area contributed by atoms with Gasteiger partial charge < -0.3 is 15.2 Å². The van der Waals surface area contributed by atoms with E-state index in [1.165, 1.54) is 0 Å². The van der Waals surface area contributed by atoms with Gasteiger partial charge in [0.25, 0.3) is 0 Å². The van der Waals surface area contributed by atoms with Crippen LogP contribution in [0, 0.1) is 0 Å². The molecule has 1 heterocycles. The van der Waals surface area contributed by atoms with Gasteiger partial charge in [0.2, 0.25) is 0 Å². The first-order valence-electron chi connectivity index (χ1n) is 4.32. The van der Waals surface area contributed by atoms with Crippen molar-refractivity contribution in [2.45, 2.75) is 12.5 Å². The van der Waals surface area contributed by atoms with E-state index in [1.54, 1.807) is 12.1 Å². The fourth-order valence-corrected chi connectivity index (χ4v) is 1.74. The number of carbonyl (C=O) groups excluding carboxylic acids is 1. The highest BCUT2D eigenvalue weighted by Gasteiger charge is 2.20. The molecule has 1 aromatic rings. The average Bonchev–Trinajstić information content (AvgIpc) is 2.18. The molecule has 68 valence electrons. The quantitative estimate of drug-likeness (QED) is 0.623. The Morgan fingerprint density at radius 3 is 3.15 bits per heavy atom. The van der Waals surface area contributed by atoms with Crippen molar-refractivity contribution in [3.05, 3.63) is 29.3 Å². The van der Waals surface area contributed by atoms with Gasteiger partial charge in [0.1, 0.15) is 12.0 Å². The second-order valence-corrected chi connectivity index (χ2v) is 3.16. The van der Waals surface area contributed by atoms with Crippen molar-refractivity contribution >= 4 is 6.29 Å². The van der Waals surface area contributed by atoms with Gasteiger partial charge in [-0.2, -0.15) is 0 Å². The van der Waals surface area contributed by atoms with E-state index in [1.807, 2.05) is 6.07 Å². The van der Waals surface area contributed by atoms with Crippen LogP contribution in [0.25, 0.3) is 0 Å². The summed E-state index contributed by atoms with van der Waals surface area (Å²) in [6.45, 7) is 0.744. The van der Waals surface area contributed by atoms with Crippen LogP contribution in [0.15, 0.2) is 18.2 Å². The molecule has 3 heteroatoms. The molecule has 0 amide bonds. The van der Waals surface area contributed by atoms with Gasteiger partial charge in [-0.25, -0.2) is 0 Å². The molecule has 13 heavy (non-hydrogen) atoms. The van der Waals surface area contributed by atoms with Crippen molar-refractivity contribution < 1.29 is 9.90 Å². The predicted molar refractivity (Wildman–Crippen MR) is 48.6 cm³/mol. The summed E-state index contributed by atoms with van der Waals surface area (Å²) >= 11 is 0. The van der Waals surface area contributed by atoms with E-state index in [4.69, 9.17) is 0 Å². The van der Waals surface area contributed by atoms with Crippen molar-refractivity contribution in [2.75, 3.05) is 6.54 Å². The first kappa shape index (κ1) is 8.26. The van der Waals surface area contributed by atoms with E-state index in [2.05, 4.69) is 5.32 Å². The van der Waals surface area contributed by atoms with Crippen LogP contribution in [0.2, 0.25) is 0 Å². The van der Waals surface area contributed by atoms with E-state index in [0.717, 1.165) is 30.4 Å². The zero-order valence-electron chi connectivity index (χ0n) is 7.16.